The van der Waals surface area contributed by atoms with E-state index in [1.54, 1.807) is 12.4 Å². The maximum Gasteiger partial charge on any atom is 0.0832 e. The van der Waals surface area contributed by atoms with Crippen molar-refractivity contribution in [3.8, 4) is 6.07 Å². The van der Waals surface area contributed by atoms with E-state index in [1.165, 1.54) is 0 Å². The Morgan fingerprint density at radius 1 is 1.46 bits per heavy atom. The van der Waals surface area contributed by atoms with Crippen molar-refractivity contribution in [3.63, 3.8) is 0 Å². The molecule has 1 aromatic heterocycles. The van der Waals surface area contributed by atoms with Crippen LogP contribution in [0, 0.1) is 11.3 Å². The highest BCUT2D eigenvalue weighted by atomic mass is 14.6. The number of pyridine rings is 1. The highest BCUT2D eigenvalue weighted by Gasteiger charge is 2.27. The molecule has 0 bridgehead atoms. The van der Waals surface area contributed by atoms with Crippen LogP contribution in [0.2, 0.25) is 0 Å². The van der Waals surface area contributed by atoms with Gasteiger partial charge in [0.1, 0.15) is 0 Å². The van der Waals surface area contributed by atoms with E-state index in [1.807, 2.05) is 26.0 Å². The van der Waals surface area contributed by atoms with Crippen molar-refractivity contribution in [2.24, 2.45) is 0 Å². The van der Waals surface area contributed by atoms with E-state index >= 15 is 0 Å². The summed E-state index contributed by atoms with van der Waals surface area (Å²) in [5, 5.41) is 9.15. The Bertz CT molecular complexity index is 294. The first-order valence-electron chi connectivity index (χ1n) is 4.61. The fourth-order valence-corrected chi connectivity index (χ4v) is 1.53. The van der Waals surface area contributed by atoms with Crippen LogP contribution in [-0.2, 0) is 5.41 Å². The fraction of sp³-hybridized carbons (Fsp3) is 0.455. The van der Waals surface area contributed by atoms with Crippen molar-refractivity contribution in [1.82, 2.24) is 4.98 Å². The lowest BCUT2D eigenvalue weighted by atomic mass is 9.78. The molecule has 0 aliphatic heterocycles. The van der Waals surface area contributed by atoms with Crippen molar-refractivity contribution >= 4 is 0 Å². The van der Waals surface area contributed by atoms with E-state index in [0.717, 1.165) is 18.4 Å². The van der Waals surface area contributed by atoms with Gasteiger partial charge in [-0.25, -0.2) is 0 Å². The Morgan fingerprint density at radius 3 is 2.54 bits per heavy atom. The first kappa shape index (κ1) is 9.73. The molecule has 0 aliphatic carbocycles. The van der Waals surface area contributed by atoms with Crippen LogP contribution in [0.4, 0.5) is 0 Å². The second-order valence-corrected chi connectivity index (χ2v) is 3.14. The minimum Gasteiger partial charge on any atom is -0.264 e. The zero-order valence-corrected chi connectivity index (χ0v) is 8.12. The first-order valence-corrected chi connectivity index (χ1v) is 4.61. The van der Waals surface area contributed by atoms with Crippen LogP contribution in [0.3, 0.4) is 0 Å². The molecule has 0 unspecified atom stereocenters. The Balaban J connectivity index is 3.10. The lowest BCUT2D eigenvalue weighted by molar-refractivity contribution is 0.509. The summed E-state index contributed by atoms with van der Waals surface area (Å²) in [6.07, 6.45) is 5.20. The predicted octanol–water partition coefficient (Wildman–Crippen LogP) is 2.66. The van der Waals surface area contributed by atoms with Gasteiger partial charge in [0.05, 0.1) is 11.5 Å². The Kier molecular flexibility index (Phi) is 3.02. The van der Waals surface area contributed by atoms with Gasteiger partial charge in [0.25, 0.3) is 0 Å². The zero-order chi connectivity index (χ0) is 9.73. The van der Waals surface area contributed by atoms with Crippen LogP contribution < -0.4 is 0 Å². The van der Waals surface area contributed by atoms with Gasteiger partial charge in [0.2, 0.25) is 0 Å². The van der Waals surface area contributed by atoms with Crippen LogP contribution in [0.25, 0.3) is 0 Å². The maximum atomic E-state index is 9.15. The third kappa shape index (κ3) is 1.70. The number of rotatable bonds is 3. The summed E-state index contributed by atoms with van der Waals surface area (Å²) in [7, 11) is 0. The fourth-order valence-electron chi connectivity index (χ4n) is 1.53. The Hall–Kier alpha value is -1.36. The molecule has 0 aromatic carbocycles. The SMILES string of the molecule is CCC(C#N)(CC)c1cccnc1. The molecular formula is C11H14N2. The highest BCUT2D eigenvalue weighted by molar-refractivity contribution is 5.29. The lowest BCUT2D eigenvalue weighted by Gasteiger charge is -2.22. The molecule has 1 heterocycles. The molecule has 1 aromatic rings. The van der Waals surface area contributed by atoms with Gasteiger partial charge in [0.15, 0.2) is 0 Å². The average molecular weight is 174 g/mol. The molecule has 1 rings (SSSR count). The number of aromatic nitrogens is 1. The minimum atomic E-state index is -0.339. The summed E-state index contributed by atoms with van der Waals surface area (Å²) >= 11 is 0. The van der Waals surface area contributed by atoms with Gasteiger partial charge in [-0.05, 0) is 24.5 Å². The first-order chi connectivity index (χ1) is 6.29. The summed E-state index contributed by atoms with van der Waals surface area (Å²) in [6.45, 7) is 4.08. The second kappa shape index (κ2) is 4.04. The number of nitriles is 1. The van der Waals surface area contributed by atoms with Gasteiger partial charge in [-0.15, -0.1) is 0 Å². The molecule has 0 aliphatic rings. The summed E-state index contributed by atoms with van der Waals surface area (Å²) < 4.78 is 0. The third-order valence-electron chi connectivity index (χ3n) is 2.64. The standard InChI is InChI=1S/C11H14N2/c1-3-11(4-2,9-12)10-6-5-7-13-8-10/h5-8H,3-4H2,1-2H3. The number of nitrogens with zero attached hydrogens (tertiary/aromatic N) is 2. The molecule has 2 heteroatoms. The van der Waals surface area contributed by atoms with Crippen molar-refractivity contribution in [2.45, 2.75) is 32.1 Å². The van der Waals surface area contributed by atoms with Gasteiger partial charge in [-0.1, -0.05) is 19.9 Å². The van der Waals surface area contributed by atoms with Crippen LogP contribution in [0.1, 0.15) is 32.3 Å². The molecule has 0 atom stereocenters. The monoisotopic (exact) mass is 174 g/mol. The van der Waals surface area contributed by atoms with Crippen LogP contribution in [-0.4, -0.2) is 4.98 Å². The zero-order valence-electron chi connectivity index (χ0n) is 8.12. The molecule has 0 spiro atoms. The summed E-state index contributed by atoms with van der Waals surface area (Å²) in [5.74, 6) is 0. The quantitative estimate of drug-likeness (QED) is 0.706. The van der Waals surface area contributed by atoms with Crippen molar-refractivity contribution in [2.75, 3.05) is 0 Å². The lowest BCUT2D eigenvalue weighted by Crippen LogP contribution is -2.21. The molecular weight excluding hydrogens is 160 g/mol. The molecule has 0 saturated heterocycles. The van der Waals surface area contributed by atoms with E-state index in [-0.39, 0.29) is 5.41 Å². The molecule has 0 amide bonds. The van der Waals surface area contributed by atoms with Gasteiger partial charge in [0, 0.05) is 12.4 Å². The normalized spacial score (nSPS) is 10.8. The van der Waals surface area contributed by atoms with E-state index in [2.05, 4.69) is 11.1 Å². The molecule has 68 valence electrons. The van der Waals surface area contributed by atoms with Crippen LogP contribution in [0.15, 0.2) is 24.5 Å². The smallest absolute Gasteiger partial charge is 0.0832 e. The van der Waals surface area contributed by atoms with Crippen molar-refractivity contribution < 1.29 is 0 Å². The average Bonchev–Trinajstić information content (AvgIpc) is 2.23. The Labute approximate surface area is 79.2 Å². The van der Waals surface area contributed by atoms with E-state index in [9.17, 15) is 0 Å². The largest absolute Gasteiger partial charge is 0.264 e. The molecule has 0 radical (unpaired) electrons. The molecule has 0 N–H and O–H groups in total. The van der Waals surface area contributed by atoms with Gasteiger partial charge in [-0.3, -0.25) is 4.98 Å². The molecule has 0 saturated carbocycles. The van der Waals surface area contributed by atoms with Crippen LogP contribution >= 0.6 is 0 Å². The predicted molar refractivity (Wildman–Crippen MR) is 52.1 cm³/mol. The minimum absolute atomic E-state index is 0.339. The van der Waals surface area contributed by atoms with E-state index in [4.69, 9.17) is 5.26 Å². The van der Waals surface area contributed by atoms with E-state index in [0.29, 0.717) is 0 Å². The summed E-state index contributed by atoms with van der Waals surface area (Å²) in [5.41, 5.74) is 0.691. The number of hydrogen-bond acceptors (Lipinski definition) is 2. The second-order valence-electron chi connectivity index (χ2n) is 3.14. The highest BCUT2D eigenvalue weighted by Crippen LogP contribution is 2.29. The Morgan fingerprint density at radius 2 is 2.15 bits per heavy atom. The molecule has 13 heavy (non-hydrogen) atoms. The number of hydrogen-bond donors (Lipinski definition) is 0. The van der Waals surface area contributed by atoms with E-state index < -0.39 is 0 Å². The topological polar surface area (TPSA) is 36.7 Å². The summed E-state index contributed by atoms with van der Waals surface area (Å²) in [4.78, 5) is 4.04. The van der Waals surface area contributed by atoms with Crippen LogP contribution in [0.5, 0.6) is 0 Å². The summed E-state index contributed by atoms with van der Waals surface area (Å²) in [6, 6.07) is 6.25. The third-order valence-corrected chi connectivity index (χ3v) is 2.64. The van der Waals surface area contributed by atoms with Gasteiger partial charge >= 0.3 is 0 Å². The van der Waals surface area contributed by atoms with Crippen molar-refractivity contribution in [1.29, 1.82) is 5.26 Å². The van der Waals surface area contributed by atoms with Gasteiger partial charge in [-0.2, -0.15) is 5.26 Å². The van der Waals surface area contributed by atoms with Crippen molar-refractivity contribution in [3.05, 3.63) is 30.1 Å². The molecule has 0 fully saturated rings. The molecule has 2 nitrogen and oxygen atoms in total. The van der Waals surface area contributed by atoms with Gasteiger partial charge < -0.3 is 0 Å². The maximum absolute atomic E-state index is 9.15.